The van der Waals surface area contributed by atoms with Gasteiger partial charge in [-0.15, -0.1) is 0 Å². The van der Waals surface area contributed by atoms with Gasteiger partial charge in [0, 0.05) is 60.5 Å². The third kappa shape index (κ3) is 5.02. The highest BCUT2D eigenvalue weighted by atomic mass is 16.3. The molecular formula is C54H33NO3. The van der Waals surface area contributed by atoms with Gasteiger partial charge in [0.05, 0.1) is 0 Å². The van der Waals surface area contributed by atoms with E-state index in [9.17, 15) is 0 Å². The molecule has 4 nitrogen and oxygen atoms in total. The standard InChI is InChI=1S/C54H33NO3/c1-3-12-37(13-4-1)55(38-14-5-2-6-15-38)39-28-26-35(27-29-39)34-22-24-36(25-23-34)40-30-31-45-52-49(33-32-48-51(52)43-17-8-10-21-47(43)56-48)58-54(45)50(40)44-19-11-18-42-41-16-7-9-20-46(41)57-53(42)44/h1-33H. The number of benzene rings is 9. The molecule has 0 aliphatic carbocycles. The number of furan rings is 3. The molecule has 0 aliphatic heterocycles. The van der Waals surface area contributed by atoms with Crippen molar-refractivity contribution in [2.45, 2.75) is 0 Å². The van der Waals surface area contributed by atoms with E-state index in [0.717, 1.165) is 116 Å². The van der Waals surface area contributed by atoms with Gasteiger partial charge in [0.1, 0.15) is 33.5 Å². The molecule has 0 radical (unpaired) electrons. The molecule has 3 aromatic heterocycles. The van der Waals surface area contributed by atoms with Crippen LogP contribution in [0.2, 0.25) is 0 Å². The average molecular weight is 744 g/mol. The Hall–Kier alpha value is -7.82. The van der Waals surface area contributed by atoms with Crippen LogP contribution in [0.1, 0.15) is 0 Å². The van der Waals surface area contributed by atoms with Crippen molar-refractivity contribution in [3.05, 3.63) is 200 Å². The van der Waals surface area contributed by atoms with Crippen LogP contribution in [-0.4, -0.2) is 0 Å². The molecular weight excluding hydrogens is 711 g/mol. The lowest BCUT2D eigenvalue weighted by Crippen LogP contribution is -2.09. The largest absolute Gasteiger partial charge is 0.456 e. The van der Waals surface area contributed by atoms with Gasteiger partial charge in [-0.1, -0.05) is 133 Å². The summed E-state index contributed by atoms with van der Waals surface area (Å²) in [5.41, 5.74) is 14.8. The van der Waals surface area contributed by atoms with E-state index in [-0.39, 0.29) is 0 Å². The van der Waals surface area contributed by atoms with Crippen molar-refractivity contribution in [2.24, 2.45) is 0 Å². The van der Waals surface area contributed by atoms with Crippen molar-refractivity contribution in [3.8, 4) is 33.4 Å². The molecule has 58 heavy (non-hydrogen) atoms. The van der Waals surface area contributed by atoms with Crippen LogP contribution in [0.4, 0.5) is 17.1 Å². The maximum Gasteiger partial charge on any atom is 0.144 e. The summed E-state index contributed by atoms with van der Waals surface area (Å²) in [4.78, 5) is 2.28. The van der Waals surface area contributed by atoms with Gasteiger partial charge < -0.3 is 18.2 Å². The first-order valence-corrected chi connectivity index (χ1v) is 19.6. The number of nitrogens with zero attached hydrogens (tertiary/aromatic N) is 1. The molecule has 0 saturated heterocycles. The zero-order chi connectivity index (χ0) is 38.2. The van der Waals surface area contributed by atoms with Crippen molar-refractivity contribution in [1.82, 2.24) is 0 Å². The molecule has 3 heterocycles. The molecule has 0 N–H and O–H groups in total. The van der Waals surface area contributed by atoms with Crippen LogP contribution in [0, 0.1) is 0 Å². The minimum absolute atomic E-state index is 0.819. The van der Waals surface area contributed by atoms with Crippen molar-refractivity contribution in [2.75, 3.05) is 4.90 Å². The molecule has 12 rings (SSSR count). The lowest BCUT2D eigenvalue weighted by atomic mass is 9.90. The highest BCUT2D eigenvalue weighted by Gasteiger charge is 2.24. The van der Waals surface area contributed by atoms with Gasteiger partial charge in [0.2, 0.25) is 0 Å². The first kappa shape index (κ1) is 32.4. The molecule has 0 saturated carbocycles. The molecule has 0 amide bonds. The van der Waals surface area contributed by atoms with Crippen molar-refractivity contribution in [1.29, 1.82) is 0 Å². The number of para-hydroxylation sites is 5. The number of rotatable bonds is 6. The van der Waals surface area contributed by atoms with Crippen LogP contribution in [0.25, 0.3) is 99.2 Å². The van der Waals surface area contributed by atoms with E-state index >= 15 is 0 Å². The van der Waals surface area contributed by atoms with E-state index in [1.165, 1.54) is 0 Å². The maximum absolute atomic E-state index is 6.95. The minimum Gasteiger partial charge on any atom is -0.456 e. The van der Waals surface area contributed by atoms with Crippen LogP contribution < -0.4 is 4.90 Å². The summed E-state index contributed by atoms with van der Waals surface area (Å²) in [6.07, 6.45) is 0. The number of fused-ring (bicyclic) bond motifs is 10. The van der Waals surface area contributed by atoms with E-state index in [2.05, 4.69) is 169 Å². The zero-order valence-electron chi connectivity index (χ0n) is 31.2. The predicted molar refractivity (Wildman–Crippen MR) is 239 cm³/mol. The maximum atomic E-state index is 6.95. The lowest BCUT2D eigenvalue weighted by molar-refractivity contribution is 0.662. The Morgan fingerprint density at radius 1 is 0.276 bits per heavy atom. The third-order valence-corrected chi connectivity index (χ3v) is 11.5. The second kappa shape index (κ2) is 12.9. The quantitative estimate of drug-likeness (QED) is 0.170. The predicted octanol–water partition coefficient (Wildman–Crippen LogP) is 15.9. The summed E-state index contributed by atoms with van der Waals surface area (Å²) in [6.45, 7) is 0. The molecule has 0 aliphatic rings. The van der Waals surface area contributed by atoms with Gasteiger partial charge in [0.15, 0.2) is 0 Å². The normalized spacial score (nSPS) is 11.8. The molecule has 12 aromatic rings. The number of hydrogen-bond donors (Lipinski definition) is 0. The Bertz CT molecular complexity index is 3440. The van der Waals surface area contributed by atoms with E-state index in [4.69, 9.17) is 13.3 Å². The van der Waals surface area contributed by atoms with Gasteiger partial charge in [-0.2, -0.15) is 0 Å². The smallest absolute Gasteiger partial charge is 0.144 e. The minimum atomic E-state index is 0.819. The second-order valence-corrected chi connectivity index (χ2v) is 14.8. The average Bonchev–Trinajstić information content (AvgIpc) is 3.99. The summed E-state index contributed by atoms with van der Waals surface area (Å²) < 4.78 is 19.9. The molecule has 0 spiro atoms. The Kier molecular flexibility index (Phi) is 7.20. The van der Waals surface area contributed by atoms with Crippen LogP contribution in [0.15, 0.2) is 213 Å². The van der Waals surface area contributed by atoms with Gasteiger partial charge >= 0.3 is 0 Å². The summed E-state index contributed by atoms with van der Waals surface area (Å²) >= 11 is 0. The fourth-order valence-electron chi connectivity index (χ4n) is 8.84. The molecule has 9 aromatic carbocycles. The molecule has 0 fully saturated rings. The number of anilines is 3. The highest BCUT2D eigenvalue weighted by molar-refractivity contribution is 6.28. The first-order chi connectivity index (χ1) is 28.8. The highest BCUT2D eigenvalue weighted by Crippen LogP contribution is 2.48. The summed E-state index contributed by atoms with van der Waals surface area (Å²) in [7, 11) is 0. The lowest BCUT2D eigenvalue weighted by Gasteiger charge is -2.25. The molecule has 0 atom stereocenters. The Balaban J connectivity index is 1.01. The first-order valence-electron chi connectivity index (χ1n) is 19.6. The van der Waals surface area contributed by atoms with E-state index in [1.807, 2.05) is 36.4 Å². The van der Waals surface area contributed by atoms with Crippen LogP contribution >= 0.6 is 0 Å². The summed E-state index contributed by atoms with van der Waals surface area (Å²) in [5, 5.41) is 6.41. The summed E-state index contributed by atoms with van der Waals surface area (Å²) in [6, 6.07) is 70.1. The monoisotopic (exact) mass is 743 g/mol. The van der Waals surface area contributed by atoms with E-state index in [0.29, 0.717) is 0 Å². The Morgan fingerprint density at radius 2 is 0.793 bits per heavy atom. The second-order valence-electron chi connectivity index (χ2n) is 14.8. The molecule has 4 heteroatoms. The molecule has 272 valence electrons. The SMILES string of the molecule is c1ccc(N(c2ccccc2)c2ccc(-c3ccc(-c4ccc5c(oc6ccc7oc8ccccc8c7c65)c4-c4cccc5c4oc4ccccc45)cc3)cc2)cc1. The third-order valence-electron chi connectivity index (χ3n) is 11.5. The number of hydrogen-bond acceptors (Lipinski definition) is 4. The van der Waals surface area contributed by atoms with Crippen molar-refractivity contribution < 1.29 is 13.3 Å². The van der Waals surface area contributed by atoms with Crippen LogP contribution in [-0.2, 0) is 0 Å². The van der Waals surface area contributed by atoms with Gasteiger partial charge in [-0.25, -0.2) is 0 Å². The van der Waals surface area contributed by atoms with Gasteiger partial charge in [0.25, 0.3) is 0 Å². The van der Waals surface area contributed by atoms with Crippen LogP contribution in [0.3, 0.4) is 0 Å². The Morgan fingerprint density at radius 3 is 1.50 bits per heavy atom. The topological polar surface area (TPSA) is 42.7 Å². The van der Waals surface area contributed by atoms with Crippen molar-refractivity contribution in [3.63, 3.8) is 0 Å². The summed E-state index contributed by atoms with van der Waals surface area (Å²) in [5.74, 6) is 0. The molecule has 0 unspecified atom stereocenters. The zero-order valence-corrected chi connectivity index (χ0v) is 31.2. The van der Waals surface area contributed by atoms with Gasteiger partial charge in [-0.3, -0.25) is 0 Å². The van der Waals surface area contributed by atoms with E-state index in [1.54, 1.807) is 0 Å². The Labute approximate surface area is 333 Å². The van der Waals surface area contributed by atoms with Crippen LogP contribution in [0.5, 0.6) is 0 Å². The molecule has 0 bridgehead atoms. The van der Waals surface area contributed by atoms with E-state index < -0.39 is 0 Å². The van der Waals surface area contributed by atoms with Gasteiger partial charge in [-0.05, 0) is 89.0 Å². The fraction of sp³-hybridized carbons (Fsp3) is 0. The fourth-order valence-corrected chi connectivity index (χ4v) is 8.84. The van der Waals surface area contributed by atoms with Crippen molar-refractivity contribution >= 4 is 82.9 Å².